The number of hydrogen-bond donors (Lipinski definition) is 1. The monoisotopic (exact) mass is 330 g/mol. The fourth-order valence-corrected chi connectivity index (χ4v) is 7.27. The van der Waals surface area contributed by atoms with Crippen molar-refractivity contribution in [1.29, 1.82) is 0 Å². The Bertz CT molecular complexity index is 621. The maximum atomic E-state index is 12.2. The number of hydrogen-bond acceptors (Lipinski definition) is 3. The van der Waals surface area contributed by atoms with Crippen LogP contribution in [0.5, 0.6) is 0 Å². The SMILES string of the molecule is CC(=O)C1CC[C@H]2[C@@H]3C[C@@H](O)C4=CC(=O)CC[C@]4(C)[C@H]3CC[C@]12C. The van der Waals surface area contributed by atoms with Gasteiger partial charge in [0.05, 0.1) is 6.10 Å². The second-order valence-corrected chi connectivity index (χ2v) is 9.40. The number of carbonyl (C=O) groups excluding carboxylic acids is 2. The average Bonchev–Trinajstić information content (AvgIpc) is 2.87. The van der Waals surface area contributed by atoms with Gasteiger partial charge in [-0.2, -0.15) is 0 Å². The fourth-order valence-electron chi connectivity index (χ4n) is 7.27. The van der Waals surface area contributed by atoms with Gasteiger partial charge in [-0.3, -0.25) is 9.59 Å². The van der Waals surface area contributed by atoms with Gasteiger partial charge in [-0.05, 0) is 85.7 Å². The Morgan fingerprint density at radius 2 is 1.92 bits per heavy atom. The Morgan fingerprint density at radius 1 is 1.17 bits per heavy atom. The van der Waals surface area contributed by atoms with Gasteiger partial charge >= 0.3 is 0 Å². The van der Waals surface area contributed by atoms with Crippen molar-refractivity contribution in [2.45, 2.75) is 71.8 Å². The van der Waals surface area contributed by atoms with Crippen LogP contribution >= 0.6 is 0 Å². The van der Waals surface area contributed by atoms with Crippen LogP contribution in [0.2, 0.25) is 0 Å². The first-order chi connectivity index (χ1) is 11.3. The molecule has 0 aromatic carbocycles. The predicted molar refractivity (Wildman–Crippen MR) is 92.3 cm³/mol. The lowest BCUT2D eigenvalue weighted by Crippen LogP contribution is -2.54. The third-order valence-electron chi connectivity index (χ3n) is 8.47. The highest BCUT2D eigenvalue weighted by Crippen LogP contribution is 2.66. The van der Waals surface area contributed by atoms with Crippen LogP contribution in [0.25, 0.3) is 0 Å². The van der Waals surface area contributed by atoms with Crippen LogP contribution < -0.4 is 0 Å². The van der Waals surface area contributed by atoms with E-state index in [4.69, 9.17) is 0 Å². The van der Waals surface area contributed by atoms with E-state index in [0.29, 0.717) is 30.0 Å². The normalized spacial score (nSPS) is 50.6. The highest BCUT2D eigenvalue weighted by atomic mass is 16.3. The molecular weight excluding hydrogens is 300 g/mol. The number of fused-ring (bicyclic) bond motifs is 5. The zero-order valence-electron chi connectivity index (χ0n) is 15.2. The van der Waals surface area contributed by atoms with Gasteiger partial charge in [0.25, 0.3) is 0 Å². The maximum Gasteiger partial charge on any atom is 0.155 e. The van der Waals surface area contributed by atoms with Gasteiger partial charge in [0.2, 0.25) is 0 Å². The summed E-state index contributed by atoms with van der Waals surface area (Å²) in [5.41, 5.74) is 1.10. The third kappa shape index (κ3) is 2.06. The molecule has 1 unspecified atom stereocenters. The van der Waals surface area contributed by atoms with Gasteiger partial charge < -0.3 is 5.11 Å². The zero-order valence-corrected chi connectivity index (χ0v) is 15.2. The summed E-state index contributed by atoms with van der Waals surface area (Å²) in [6, 6.07) is 0. The summed E-state index contributed by atoms with van der Waals surface area (Å²) in [5.74, 6) is 2.35. The molecule has 3 fully saturated rings. The number of rotatable bonds is 1. The first-order valence-electron chi connectivity index (χ1n) is 9.71. The van der Waals surface area contributed by atoms with Gasteiger partial charge in [-0.25, -0.2) is 0 Å². The molecule has 4 rings (SSSR count). The standard InChI is InChI=1S/C21H30O3/c1-12(22)15-4-5-16-14-11-19(24)18-10-13(23)6-8-21(18,3)17(14)7-9-20(15,16)2/h10,14-17,19,24H,4-9,11H2,1-3H3/t14-,15?,16-,17-,19+,20+,21+/m0/s1. The van der Waals surface area contributed by atoms with Crippen LogP contribution in [0.4, 0.5) is 0 Å². The van der Waals surface area contributed by atoms with E-state index in [0.717, 1.165) is 44.1 Å². The smallest absolute Gasteiger partial charge is 0.155 e. The Balaban J connectivity index is 1.71. The van der Waals surface area contributed by atoms with Crippen LogP contribution in [-0.2, 0) is 9.59 Å². The third-order valence-corrected chi connectivity index (χ3v) is 8.47. The maximum absolute atomic E-state index is 12.2. The minimum absolute atomic E-state index is 0.0219. The molecule has 0 heterocycles. The molecule has 0 amide bonds. The summed E-state index contributed by atoms with van der Waals surface area (Å²) < 4.78 is 0. The molecule has 0 saturated heterocycles. The number of ketones is 2. The van der Waals surface area contributed by atoms with Gasteiger partial charge in [0, 0.05) is 12.3 Å². The quantitative estimate of drug-likeness (QED) is 0.797. The lowest BCUT2D eigenvalue weighted by Gasteiger charge is -2.59. The van der Waals surface area contributed by atoms with E-state index in [1.807, 2.05) is 0 Å². The fraction of sp³-hybridized carbons (Fsp3) is 0.810. The summed E-state index contributed by atoms with van der Waals surface area (Å²) in [5, 5.41) is 10.8. The largest absolute Gasteiger partial charge is 0.389 e. The van der Waals surface area contributed by atoms with Gasteiger partial charge in [0.15, 0.2) is 5.78 Å². The molecule has 3 nitrogen and oxygen atoms in total. The Kier molecular flexibility index (Phi) is 3.62. The Labute approximate surface area is 144 Å². The summed E-state index contributed by atoms with van der Waals surface area (Å²) in [6.45, 7) is 6.37. The molecular formula is C21H30O3. The summed E-state index contributed by atoms with van der Waals surface area (Å²) in [4.78, 5) is 24.1. The lowest BCUT2D eigenvalue weighted by molar-refractivity contribution is -0.130. The average molecular weight is 330 g/mol. The molecule has 132 valence electrons. The van der Waals surface area contributed by atoms with E-state index in [1.54, 1.807) is 13.0 Å². The van der Waals surface area contributed by atoms with Crippen molar-refractivity contribution < 1.29 is 14.7 Å². The van der Waals surface area contributed by atoms with E-state index < -0.39 is 6.10 Å². The number of aliphatic hydroxyl groups excluding tert-OH is 1. The van der Waals surface area contributed by atoms with Gasteiger partial charge in [0.1, 0.15) is 5.78 Å². The zero-order chi connectivity index (χ0) is 17.3. The highest BCUT2D eigenvalue weighted by molar-refractivity contribution is 5.91. The minimum Gasteiger partial charge on any atom is -0.389 e. The second-order valence-electron chi connectivity index (χ2n) is 9.40. The van der Waals surface area contributed by atoms with E-state index in [1.165, 1.54) is 0 Å². The topological polar surface area (TPSA) is 54.4 Å². The summed E-state index contributed by atoms with van der Waals surface area (Å²) >= 11 is 0. The molecule has 0 aliphatic heterocycles. The number of carbonyl (C=O) groups is 2. The van der Waals surface area contributed by atoms with Crippen LogP contribution in [0.15, 0.2) is 11.6 Å². The van der Waals surface area contributed by atoms with Crippen LogP contribution in [0.3, 0.4) is 0 Å². The van der Waals surface area contributed by atoms with Crippen LogP contribution in [0, 0.1) is 34.5 Å². The lowest BCUT2D eigenvalue weighted by atomic mass is 9.46. The highest BCUT2D eigenvalue weighted by Gasteiger charge is 2.61. The van der Waals surface area contributed by atoms with Gasteiger partial charge in [-0.1, -0.05) is 13.8 Å². The van der Waals surface area contributed by atoms with Crippen molar-refractivity contribution in [3.05, 3.63) is 11.6 Å². The molecule has 0 aromatic rings. The van der Waals surface area contributed by atoms with Crippen molar-refractivity contribution >= 4 is 11.6 Å². The molecule has 0 spiro atoms. The van der Waals surface area contributed by atoms with Crippen molar-refractivity contribution in [1.82, 2.24) is 0 Å². The summed E-state index contributed by atoms with van der Waals surface area (Å²) in [7, 11) is 0. The van der Waals surface area contributed by atoms with Crippen molar-refractivity contribution in [2.24, 2.45) is 34.5 Å². The second kappa shape index (κ2) is 5.27. The molecule has 7 atom stereocenters. The molecule has 0 bridgehead atoms. The Hall–Kier alpha value is -0.960. The summed E-state index contributed by atoms with van der Waals surface area (Å²) in [6.07, 6.45) is 7.97. The van der Waals surface area contributed by atoms with Gasteiger partial charge in [-0.15, -0.1) is 0 Å². The van der Waals surface area contributed by atoms with E-state index in [-0.39, 0.29) is 22.5 Å². The van der Waals surface area contributed by atoms with Crippen molar-refractivity contribution in [3.8, 4) is 0 Å². The van der Waals surface area contributed by atoms with Crippen LogP contribution in [-0.4, -0.2) is 22.8 Å². The molecule has 3 heteroatoms. The van der Waals surface area contributed by atoms with E-state index in [9.17, 15) is 14.7 Å². The molecule has 1 N–H and O–H groups in total. The first kappa shape index (κ1) is 16.5. The molecule has 4 aliphatic rings. The van der Waals surface area contributed by atoms with Crippen LogP contribution in [0.1, 0.15) is 65.7 Å². The number of Topliss-reactive ketones (excluding diaryl/α,β-unsaturated/α-hetero) is 1. The molecule has 0 radical (unpaired) electrons. The molecule has 24 heavy (non-hydrogen) atoms. The first-order valence-corrected chi connectivity index (χ1v) is 9.71. The van der Waals surface area contributed by atoms with E-state index in [2.05, 4.69) is 13.8 Å². The number of aliphatic hydroxyl groups is 1. The predicted octanol–water partition coefficient (Wildman–Crippen LogP) is 3.69. The molecule has 3 saturated carbocycles. The Morgan fingerprint density at radius 3 is 2.62 bits per heavy atom. The van der Waals surface area contributed by atoms with Crippen molar-refractivity contribution in [2.75, 3.05) is 0 Å². The molecule has 0 aromatic heterocycles. The molecule has 4 aliphatic carbocycles. The van der Waals surface area contributed by atoms with E-state index >= 15 is 0 Å². The van der Waals surface area contributed by atoms with Crippen molar-refractivity contribution in [3.63, 3.8) is 0 Å². The minimum atomic E-state index is -0.473.